The van der Waals surface area contributed by atoms with Gasteiger partial charge in [0.2, 0.25) is 0 Å². The van der Waals surface area contributed by atoms with Gasteiger partial charge in [-0.15, -0.1) is 6.58 Å². The Balaban J connectivity index is 2.64. The largest absolute Gasteiger partial charge is 0.382 e. The third-order valence-electron chi connectivity index (χ3n) is 2.66. The Morgan fingerprint density at radius 1 is 1.39 bits per heavy atom. The predicted octanol–water partition coefficient (Wildman–Crippen LogP) is 2.14. The number of hydrogen-bond donors (Lipinski definition) is 1. The lowest BCUT2D eigenvalue weighted by Crippen LogP contribution is -2.24. The van der Waals surface area contributed by atoms with Crippen molar-refractivity contribution in [2.75, 3.05) is 12.4 Å². The zero-order valence-corrected chi connectivity index (χ0v) is 10.3. The van der Waals surface area contributed by atoms with Crippen molar-refractivity contribution in [3.8, 4) is 11.4 Å². The summed E-state index contributed by atoms with van der Waals surface area (Å²) < 4.78 is 1.61. The number of benzene rings is 1. The van der Waals surface area contributed by atoms with Gasteiger partial charge in [0.1, 0.15) is 11.5 Å². The van der Waals surface area contributed by atoms with Crippen molar-refractivity contribution < 1.29 is 0 Å². The number of nitrogens with one attached hydrogen (secondary N) is 1. The Hall–Kier alpha value is -2.36. The topological polar surface area (TPSA) is 46.9 Å². The van der Waals surface area contributed by atoms with Gasteiger partial charge in [-0.1, -0.05) is 36.4 Å². The standard InChI is InChI=1S/C14H15N3O/c1-3-9-17-13(11-7-5-4-6-8-11)16-10-12(15-2)14(17)18/h3-8,10,15H,1,9H2,2H3. The number of rotatable bonds is 4. The first-order valence-corrected chi connectivity index (χ1v) is 5.72. The van der Waals surface area contributed by atoms with Gasteiger partial charge in [-0.2, -0.15) is 0 Å². The molecule has 0 bridgehead atoms. The molecule has 1 aromatic heterocycles. The monoisotopic (exact) mass is 241 g/mol. The summed E-state index contributed by atoms with van der Waals surface area (Å²) in [4.78, 5) is 16.5. The van der Waals surface area contributed by atoms with Gasteiger partial charge < -0.3 is 5.32 Å². The van der Waals surface area contributed by atoms with E-state index in [1.807, 2.05) is 30.3 Å². The quantitative estimate of drug-likeness (QED) is 0.834. The Morgan fingerprint density at radius 2 is 2.11 bits per heavy atom. The third-order valence-corrected chi connectivity index (χ3v) is 2.66. The Kier molecular flexibility index (Phi) is 3.57. The fourth-order valence-electron chi connectivity index (χ4n) is 1.78. The maximum atomic E-state index is 12.2. The van der Waals surface area contributed by atoms with Crippen LogP contribution < -0.4 is 10.9 Å². The maximum absolute atomic E-state index is 12.2. The van der Waals surface area contributed by atoms with Crippen LogP contribution in [0.3, 0.4) is 0 Å². The second-order valence-electron chi connectivity index (χ2n) is 3.82. The van der Waals surface area contributed by atoms with E-state index in [0.717, 1.165) is 5.56 Å². The molecule has 0 spiro atoms. The Morgan fingerprint density at radius 3 is 2.72 bits per heavy atom. The first-order valence-electron chi connectivity index (χ1n) is 5.72. The molecule has 0 unspecified atom stereocenters. The zero-order valence-electron chi connectivity index (χ0n) is 10.3. The third kappa shape index (κ3) is 2.18. The summed E-state index contributed by atoms with van der Waals surface area (Å²) in [6, 6.07) is 9.64. The SMILES string of the molecule is C=CCn1c(-c2ccccc2)ncc(NC)c1=O. The highest BCUT2D eigenvalue weighted by Crippen LogP contribution is 2.15. The van der Waals surface area contributed by atoms with Crippen LogP contribution in [0.5, 0.6) is 0 Å². The average Bonchev–Trinajstić information content (AvgIpc) is 2.42. The fourth-order valence-corrected chi connectivity index (χ4v) is 1.78. The molecule has 2 rings (SSSR count). The molecule has 18 heavy (non-hydrogen) atoms. The summed E-state index contributed by atoms with van der Waals surface area (Å²) in [7, 11) is 1.71. The lowest BCUT2D eigenvalue weighted by Gasteiger charge is -2.11. The van der Waals surface area contributed by atoms with Crippen molar-refractivity contribution in [3.05, 3.63) is 59.5 Å². The molecule has 0 aliphatic rings. The van der Waals surface area contributed by atoms with Crippen molar-refractivity contribution >= 4 is 5.69 Å². The van der Waals surface area contributed by atoms with Gasteiger partial charge in [0.25, 0.3) is 5.56 Å². The summed E-state index contributed by atoms with van der Waals surface area (Å²) >= 11 is 0. The number of anilines is 1. The van der Waals surface area contributed by atoms with Crippen LogP contribution in [0.25, 0.3) is 11.4 Å². The van der Waals surface area contributed by atoms with Gasteiger partial charge in [0, 0.05) is 19.2 Å². The van der Waals surface area contributed by atoms with Crippen molar-refractivity contribution in [1.82, 2.24) is 9.55 Å². The van der Waals surface area contributed by atoms with E-state index in [-0.39, 0.29) is 5.56 Å². The summed E-state index contributed by atoms with van der Waals surface area (Å²) in [5.74, 6) is 0.652. The molecule has 0 radical (unpaired) electrons. The van der Waals surface area contributed by atoms with Crippen LogP contribution in [-0.4, -0.2) is 16.6 Å². The fraction of sp³-hybridized carbons (Fsp3) is 0.143. The van der Waals surface area contributed by atoms with E-state index >= 15 is 0 Å². The lowest BCUT2D eigenvalue weighted by molar-refractivity contribution is 0.768. The van der Waals surface area contributed by atoms with Gasteiger partial charge in [-0.25, -0.2) is 4.98 Å². The Labute approximate surface area is 106 Å². The number of hydrogen-bond acceptors (Lipinski definition) is 3. The molecule has 92 valence electrons. The number of nitrogens with zero attached hydrogens (tertiary/aromatic N) is 2. The zero-order chi connectivity index (χ0) is 13.0. The summed E-state index contributed by atoms with van der Waals surface area (Å²) in [5.41, 5.74) is 1.31. The first-order chi connectivity index (χ1) is 8.77. The lowest BCUT2D eigenvalue weighted by atomic mass is 10.2. The summed E-state index contributed by atoms with van der Waals surface area (Å²) in [5, 5.41) is 2.84. The molecule has 0 atom stereocenters. The van der Waals surface area contributed by atoms with Gasteiger partial charge in [-0.3, -0.25) is 9.36 Å². The smallest absolute Gasteiger partial charge is 0.277 e. The van der Waals surface area contributed by atoms with Crippen molar-refractivity contribution in [2.24, 2.45) is 0 Å². The molecule has 4 nitrogen and oxygen atoms in total. The predicted molar refractivity (Wildman–Crippen MR) is 73.7 cm³/mol. The molecule has 4 heteroatoms. The molecule has 0 saturated heterocycles. The molecule has 1 aromatic carbocycles. The second-order valence-corrected chi connectivity index (χ2v) is 3.82. The minimum absolute atomic E-state index is 0.0914. The number of aromatic nitrogens is 2. The van der Waals surface area contributed by atoms with E-state index in [1.54, 1.807) is 23.9 Å². The highest BCUT2D eigenvalue weighted by Gasteiger charge is 2.09. The molecule has 0 aliphatic carbocycles. The molecular weight excluding hydrogens is 226 g/mol. The molecular formula is C14H15N3O. The van der Waals surface area contributed by atoms with Crippen LogP contribution in [0.15, 0.2) is 54.0 Å². The van der Waals surface area contributed by atoms with E-state index < -0.39 is 0 Å². The van der Waals surface area contributed by atoms with Crippen molar-refractivity contribution in [2.45, 2.75) is 6.54 Å². The summed E-state index contributed by atoms with van der Waals surface area (Å²) in [6.45, 7) is 4.12. The van der Waals surface area contributed by atoms with Gasteiger partial charge in [0.05, 0.1) is 6.20 Å². The molecule has 1 N–H and O–H groups in total. The molecule has 0 amide bonds. The van der Waals surface area contributed by atoms with Gasteiger partial charge in [0.15, 0.2) is 0 Å². The van der Waals surface area contributed by atoms with Crippen LogP contribution in [0.1, 0.15) is 0 Å². The van der Waals surface area contributed by atoms with Gasteiger partial charge in [-0.05, 0) is 0 Å². The minimum atomic E-state index is -0.0914. The average molecular weight is 241 g/mol. The highest BCUT2D eigenvalue weighted by atomic mass is 16.1. The highest BCUT2D eigenvalue weighted by molar-refractivity contribution is 5.56. The molecule has 1 heterocycles. The van der Waals surface area contributed by atoms with E-state index in [9.17, 15) is 4.79 Å². The van der Waals surface area contributed by atoms with E-state index in [2.05, 4.69) is 16.9 Å². The van der Waals surface area contributed by atoms with Crippen molar-refractivity contribution in [3.63, 3.8) is 0 Å². The van der Waals surface area contributed by atoms with E-state index in [4.69, 9.17) is 0 Å². The summed E-state index contributed by atoms with van der Waals surface area (Å²) in [6.07, 6.45) is 3.25. The van der Waals surface area contributed by atoms with Crippen LogP contribution in [0, 0.1) is 0 Å². The molecule has 0 aliphatic heterocycles. The molecule has 0 saturated carbocycles. The first kappa shape index (κ1) is 12.1. The van der Waals surface area contributed by atoms with Crippen LogP contribution in [0.4, 0.5) is 5.69 Å². The van der Waals surface area contributed by atoms with Crippen LogP contribution in [0.2, 0.25) is 0 Å². The van der Waals surface area contributed by atoms with Crippen LogP contribution >= 0.6 is 0 Å². The molecule has 2 aromatic rings. The van der Waals surface area contributed by atoms with E-state index in [0.29, 0.717) is 18.1 Å². The Bertz CT molecular complexity index is 602. The number of allylic oxidation sites excluding steroid dienone is 1. The van der Waals surface area contributed by atoms with Crippen LogP contribution in [-0.2, 0) is 6.54 Å². The minimum Gasteiger partial charge on any atom is -0.382 e. The molecule has 0 fully saturated rings. The van der Waals surface area contributed by atoms with Crippen molar-refractivity contribution in [1.29, 1.82) is 0 Å². The normalized spacial score (nSPS) is 10.1. The van der Waals surface area contributed by atoms with E-state index in [1.165, 1.54) is 0 Å². The van der Waals surface area contributed by atoms with Gasteiger partial charge >= 0.3 is 0 Å². The second kappa shape index (κ2) is 5.31. The maximum Gasteiger partial charge on any atom is 0.277 e.